The highest BCUT2D eigenvalue weighted by Crippen LogP contribution is 2.31. The molecule has 1 aliphatic heterocycles. The molecule has 6 heteroatoms. The zero-order valence-corrected chi connectivity index (χ0v) is 15.3. The number of hydrogen-bond donors (Lipinski definition) is 1. The average molecular weight is 347 g/mol. The minimum absolute atomic E-state index is 0.0336. The van der Waals surface area contributed by atoms with Crippen LogP contribution < -0.4 is 0 Å². The van der Waals surface area contributed by atoms with Gasteiger partial charge in [0.05, 0.1) is 4.88 Å². The monoisotopic (exact) mass is 347 g/mol. The van der Waals surface area contributed by atoms with Crippen LogP contribution in [0.3, 0.4) is 0 Å². The molecule has 2 aromatic heterocycles. The van der Waals surface area contributed by atoms with Crippen LogP contribution in [0.4, 0.5) is 0 Å². The number of aromatic nitrogens is 2. The van der Waals surface area contributed by atoms with Gasteiger partial charge in [-0.05, 0) is 35.8 Å². The lowest BCUT2D eigenvalue weighted by Crippen LogP contribution is -2.42. The standard InChI is InChI=1S/C18H25N3O2S/c1-12(2)14-6-10-24-16(14)18(23)21-8-4-5-13(11-21)15(22)17-19-7-9-20(17)3/h6-7,9-10,12-13,15,22H,4-5,8,11H2,1-3H3. The second kappa shape index (κ2) is 7.07. The molecule has 1 amide bonds. The van der Waals surface area contributed by atoms with E-state index in [1.54, 1.807) is 6.20 Å². The number of aryl methyl sites for hydroxylation is 1. The SMILES string of the molecule is CC(C)c1ccsc1C(=O)N1CCCC(C(O)c2nccn2C)C1. The van der Waals surface area contributed by atoms with Gasteiger partial charge in [-0.1, -0.05) is 13.8 Å². The molecule has 0 aliphatic carbocycles. The van der Waals surface area contributed by atoms with E-state index in [-0.39, 0.29) is 11.8 Å². The fourth-order valence-corrected chi connectivity index (χ4v) is 4.44. The molecule has 1 fully saturated rings. The number of aliphatic hydroxyl groups excluding tert-OH is 1. The molecule has 3 heterocycles. The first-order valence-corrected chi connectivity index (χ1v) is 9.39. The van der Waals surface area contributed by atoms with Gasteiger partial charge < -0.3 is 14.6 Å². The second-order valence-corrected chi connectivity index (χ2v) is 7.77. The van der Waals surface area contributed by atoms with Crippen molar-refractivity contribution in [2.45, 2.75) is 38.7 Å². The lowest BCUT2D eigenvalue weighted by molar-refractivity contribution is 0.0360. The van der Waals surface area contributed by atoms with Gasteiger partial charge >= 0.3 is 0 Å². The predicted molar refractivity (Wildman–Crippen MR) is 95.2 cm³/mol. The molecule has 2 atom stereocenters. The fraction of sp³-hybridized carbons (Fsp3) is 0.556. The molecule has 24 heavy (non-hydrogen) atoms. The Bertz CT molecular complexity index is 707. The van der Waals surface area contributed by atoms with Gasteiger partial charge in [-0.15, -0.1) is 11.3 Å². The molecule has 0 radical (unpaired) electrons. The molecule has 1 N–H and O–H groups in total. The van der Waals surface area contributed by atoms with Gasteiger partial charge in [0, 0.05) is 38.4 Å². The third-order valence-corrected chi connectivity index (χ3v) is 5.74. The number of piperidine rings is 1. The molecule has 3 rings (SSSR count). The van der Waals surface area contributed by atoms with Crippen molar-refractivity contribution < 1.29 is 9.90 Å². The molecule has 1 aliphatic rings. The number of thiophene rings is 1. The highest BCUT2D eigenvalue weighted by Gasteiger charge is 2.32. The minimum atomic E-state index is -0.631. The number of carbonyl (C=O) groups excluding carboxylic acids is 1. The van der Waals surface area contributed by atoms with Crippen LogP contribution in [0.5, 0.6) is 0 Å². The summed E-state index contributed by atoms with van der Waals surface area (Å²) in [6, 6.07) is 2.05. The highest BCUT2D eigenvalue weighted by molar-refractivity contribution is 7.12. The predicted octanol–water partition coefficient (Wildman–Crippen LogP) is 3.19. The lowest BCUT2D eigenvalue weighted by Gasteiger charge is -2.35. The van der Waals surface area contributed by atoms with Crippen molar-refractivity contribution in [3.8, 4) is 0 Å². The average Bonchev–Trinajstić information content (AvgIpc) is 3.22. The van der Waals surface area contributed by atoms with Crippen molar-refractivity contribution in [1.29, 1.82) is 0 Å². The number of hydrogen-bond acceptors (Lipinski definition) is 4. The number of imidazole rings is 1. The van der Waals surface area contributed by atoms with Gasteiger partial charge in [0.15, 0.2) is 0 Å². The van der Waals surface area contributed by atoms with Gasteiger partial charge in [-0.25, -0.2) is 4.98 Å². The Kier molecular flexibility index (Phi) is 5.06. The van der Waals surface area contributed by atoms with Crippen LogP contribution in [0.25, 0.3) is 0 Å². The fourth-order valence-electron chi connectivity index (χ4n) is 3.42. The Labute approximate surface area is 146 Å². The normalized spacial score (nSPS) is 19.7. The number of carbonyl (C=O) groups is 1. The number of amides is 1. The van der Waals surface area contributed by atoms with Gasteiger partial charge in [0.1, 0.15) is 11.9 Å². The first kappa shape index (κ1) is 17.2. The van der Waals surface area contributed by atoms with E-state index in [0.717, 1.165) is 29.8 Å². The van der Waals surface area contributed by atoms with Crippen LogP contribution in [-0.2, 0) is 7.05 Å². The van der Waals surface area contributed by atoms with E-state index in [2.05, 4.69) is 18.8 Å². The molecule has 2 aromatic rings. The molecular weight excluding hydrogens is 322 g/mol. The number of likely N-dealkylation sites (tertiary alicyclic amines) is 1. The summed E-state index contributed by atoms with van der Waals surface area (Å²) in [7, 11) is 1.89. The molecule has 0 bridgehead atoms. The van der Waals surface area contributed by atoms with Gasteiger partial charge in [-0.2, -0.15) is 0 Å². The molecule has 0 aromatic carbocycles. The summed E-state index contributed by atoms with van der Waals surface area (Å²) in [6.07, 6.45) is 4.74. The molecule has 2 unspecified atom stereocenters. The van der Waals surface area contributed by atoms with E-state index in [1.165, 1.54) is 11.3 Å². The summed E-state index contributed by atoms with van der Waals surface area (Å²) in [4.78, 5) is 19.9. The maximum Gasteiger partial charge on any atom is 0.264 e. The number of aliphatic hydroxyl groups is 1. The molecule has 130 valence electrons. The van der Waals surface area contributed by atoms with E-state index in [9.17, 15) is 9.90 Å². The molecule has 0 spiro atoms. The molecular formula is C18H25N3O2S. The topological polar surface area (TPSA) is 58.4 Å². The van der Waals surface area contributed by atoms with Crippen LogP contribution in [0.2, 0.25) is 0 Å². The van der Waals surface area contributed by atoms with Crippen LogP contribution in [0, 0.1) is 5.92 Å². The Morgan fingerprint density at radius 3 is 2.92 bits per heavy atom. The summed E-state index contributed by atoms with van der Waals surface area (Å²) in [5.74, 6) is 1.15. The van der Waals surface area contributed by atoms with Crippen LogP contribution >= 0.6 is 11.3 Å². The third kappa shape index (κ3) is 3.26. The van der Waals surface area contributed by atoms with Crippen molar-refractivity contribution in [2.24, 2.45) is 13.0 Å². The van der Waals surface area contributed by atoms with Crippen LogP contribution in [0.15, 0.2) is 23.8 Å². The largest absolute Gasteiger partial charge is 0.385 e. The van der Waals surface area contributed by atoms with E-state index < -0.39 is 6.10 Å². The Morgan fingerprint density at radius 1 is 1.46 bits per heavy atom. The Hall–Kier alpha value is -1.66. The van der Waals surface area contributed by atoms with Gasteiger partial charge in [0.2, 0.25) is 0 Å². The third-order valence-electron chi connectivity index (χ3n) is 4.83. The van der Waals surface area contributed by atoms with Gasteiger partial charge in [0.25, 0.3) is 5.91 Å². The quantitative estimate of drug-likeness (QED) is 0.924. The molecule has 1 saturated heterocycles. The Morgan fingerprint density at radius 2 is 2.25 bits per heavy atom. The zero-order chi connectivity index (χ0) is 17.3. The molecule has 5 nitrogen and oxygen atoms in total. The van der Waals surface area contributed by atoms with Crippen molar-refractivity contribution >= 4 is 17.2 Å². The van der Waals surface area contributed by atoms with E-state index >= 15 is 0 Å². The zero-order valence-electron chi connectivity index (χ0n) is 14.5. The first-order chi connectivity index (χ1) is 11.5. The smallest absolute Gasteiger partial charge is 0.264 e. The lowest BCUT2D eigenvalue weighted by atomic mass is 9.91. The first-order valence-electron chi connectivity index (χ1n) is 8.51. The van der Waals surface area contributed by atoms with E-state index in [0.29, 0.717) is 18.3 Å². The van der Waals surface area contributed by atoms with Crippen LogP contribution in [0.1, 0.15) is 59.8 Å². The Balaban J connectivity index is 1.74. The van der Waals surface area contributed by atoms with Crippen molar-refractivity contribution in [2.75, 3.05) is 13.1 Å². The summed E-state index contributed by atoms with van der Waals surface area (Å²) in [5.41, 5.74) is 1.12. The summed E-state index contributed by atoms with van der Waals surface area (Å²) in [6.45, 7) is 5.58. The second-order valence-electron chi connectivity index (χ2n) is 6.85. The van der Waals surface area contributed by atoms with Crippen molar-refractivity contribution in [3.05, 3.63) is 40.1 Å². The number of nitrogens with zero attached hydrogens (tertiary/aromatic N) is 3. The summed E-state index contributed by atoms with van der Waals surface area (Å²) < 4.78 is 1.85. The van der Waals surface area contributed by atoms with Crippen molar-refractivity contribution in [1.82, 2.24) is 14.5 Å². The molecule has 0 saturated carbocycles. The van der Waals surface area contributed by atoms with Gasteiger partial charge in [-0.3, -0.25) is 4.79 Å². The van der Waals surface area contributed by atoms with E-state index in [4.69, 9.17) is 0 Å². The maximum absolute atomic E-state index is 12.9. The summed E-state index contributed by atoms with van der Waals surface area (Å²) in [5, 5.41) is 12.7. The number of rotatable bonds is 4. The van der Waals surface area contributed by atoms with Crippen molar-refractivity contribution in [3.63, 3.8) is 0 Å². The van der Waals surface area contributed by atoms with Crippen LogP contribution in [-0.4, -0.2) is 38.6 Å². The maximum atomic E-state index is 12.9. The van der Waals surface area contributed by atoms with E-state index in [1.807, 2.05) is 34.2 Å². The summed E-state index contributed by atoms with van der Waals surface area (Å²) >= 11 is 1.52. The highest BCUT2D eigenvalue weighted by atomic mass is 32.1. The minimum Gasteiger partial charge on any atom is -0.385 e.